The molecule has 146 valence electrons. The third-order valence-electron chi connectivity index (χ3n) is 5.62. The third-order valence-corrected chi connectivity index (χ3v) is 5.62. The van der Waals surface area contributed by atoms with Crippen LogP contribution in [0.5, 0.6) is 0 Å². The number of amides is 1. The molecule has 0 bridgehead atoms. The molecular weight excluding hydrogens is 357 g/mol. The third kappa shape index (κ3) is 4.07. The number of anilines is 1. The molecule has 4 rings (SSSR count). The predicted molar refractivity (Wildman–Crippen MR) is 108 cm³/mol. The number of fused-ring (bicyclic) bond motifs is 1. The lowest BCUT2D eigenvalue weighted by Crippen LogP contribution is -2.46. The highest BCUT2D eigenvalue weighted by atomic mass is 19.1. The highest BCUT2D eigenvalue weighted by Crippen LogP contribution is 2.23. The van der Waals surface area contributed by atoms with E-state index >= 15 is 0 Å². The van der Waals surface area contributed by atoms with Crippen molar-refractivity contribution in [3.8, 4) is 6.57 Å². The second kappa shape index (κ2) is 8.11. The maximum absolute atomic E-state index is 13.6. The van der Waals surface area contributed by atoms with Gasteiger partial charge in [-0.15, -0.1) is 0 Å². The number of aromatic nitrogens is 1. The molecule has 7 heteroatoms. The van der Waals surface area contributed by atoms with Crippen molar-refractivity contribution < 1.29 is 9.18 Å². The molecule has 0 saturated carbocycles. The van der Waals surface area contributed by atoms with E-state index in [0.717, 1.165) is 42.5 Å². The van der Waals surface area contributed by atoms with Crippen molar-refractivity contribution in [2.75, 3.05) is 31.5 Å². The Balaban J connectivity index is 1.28. The first-order valence-electron chi connectivity index (χ1n) is 9.79. The van der Waals surface area contributed by atoms with Crippen LogP contribution in [0, 0.1) is 6.57 Å². The molecule has 28 heavy (non-hydrogen) atoms. The largest absolute Gasteiger partial charge is 0.381 e. The lowest BCUT2D eigenvalue weighted by molar-refractivity contribution is -0.133. The predicted octanol–water partition coefficient (Wildman–Crippen LogP) is 2.97. The molecule has 6 nitrogen and oxygen atoms in total. The van der Waals surface area contributed by atoms with Gasteiger partial charge in [0.05, 0.1) is 36.9 Å². The Morgan fingerprint density at radius 2 is 2.11 bits per heavy atom. The number of carbonyl (C=O) groups is 1. The van der Waals surface area contributed by atoms with E-state index in [1.807, 2.05) is 24.4 Å². The van der Waals surface area contributed by atoms with E-state index in [2.05, 4.69) is 32.2 Å². The fourth-order valence-electron chi connectivity index (χ4n) is 4.08. The summed E-state index contributed by atoms with van der Waals surface area (Å²) in [6.45, 7) is 7.35. The van der Waals surface area contributed by atoms with Gasteiger partial charge in [0.25, 0.3) is 6.57 Å². The Kier molecular flexibility index (Phi) is 5.40. The van der Waals surface area contributed by atoms with Gasteiger partial charge in [-0.2, -0.15) is 0 Å². The lowest BCUT2D eigenvalue weighted by Gasteiger charge is -2.33. The van der Waals surface area contributed by atoms with Crippen LogP contribution < -0.4 is 5.32 Å². The number of alkyl halides is 1. The number of nitrogens with one attached hydrogen (secondary N) is 1. The van der Waals surface area contributed by atoms with Crippen LogP contribution in [0.2, 0.25) is 0 Å². The Bertz CT molecular complexity index is 890. The molecule has 2 saturated heterocycles. The summed E-state index contributed by atoms with van der Waals surface area (Å²) in [5.74, 6) is -0.0931. The van der Waals surface area contributed by atoms with Crippen molar-refractivity contribution in [1.82, 2.24) is 14.8 Å². The van der Waals surface area contributed by atoms with E-state index in [1.165, 1.54) is 4.90 Å². The van der Waals surface area contributed by atoms with Crippen LogP contribution in [0.15, 0.2) is 36.5 Å². The monoisotopic (exact) mass is 382 g/mol. The molecule has 1 N–H and O–H groups in total. The zero-order valence-corrected chi connectivity index (χ0v) is 15.8. The number of pyridine rings is 1. The molecule has 0 aliphatic carbocycles. The average Bonchev–Trinajstić information content (AvgIpc) is 3.10. The van der Waals surface area contributed by atoms with E-state index in [-0.39, 0.29) is 18.9 Å². The Morgan fingerprint density at radius 1 is 1.32 bits per heavy atom. The fourth-order valence-corrected chi connectivity index (χ4v) is 4.08. The molecule has 2 aliphatic rings. The van der Waals surface area contributed by atoms with Crippen molar-refractivity contribution >= 4 is 22.5 Å². The van der Waals surface area contributed by atoms with Crippen LogP contribution >= 0.6 is 0 Å². The number of likely N-dealkylation sites (tertiary alicyclic amines) is 2. The summed E-state index contributed by atoms with van der Waals surface area (Å²) in [5, 5.41) is 4.68. The second-order valence-corrected chi connectivity index (χ2v) is 7.62. The topological polar surface area (TPSA) is 52.8 Å². The number of piperidine rings is 1. The SMILES string of the molecule is C#[N+][C@@H]1C[C@H](F)CN1C(=O)CN1CCC(Nc2cnc3ccccc3c2)CC1. The van der Waals surface area contributed by atoms with Gasteiger partial charge in [0, 0.05) is 24.5 Å². The lowest BCUT2D eigenvalue weighted by atomic mass is 10.0. The molecule has 3 heterocycles. The molecule has 1 aromatic heterocycles. The summed E-state index contributed by atoms with van der Waals surface area (Å²) in [7, 11) is 0. The van der Waals surface area contributed by atoms with Crippen LogP contribution in [0.1, 0.15) is 19.3 Å². The number of halogens is 1. The van der Waals surface area contributed by atoms with Gasteiger partial charge in [0.2, 0.25) is 5.91 Å². The van der Waals surface area contributed by atoms with Gasteiger partial charge in [-0.25, -0.2) is 4.39 Å². The van der Waals surface area contributed by atoms with Crippen molar-refractivity contribution in [1.29, 1.82) is 0 Å². The van der Waals surface area contributed by atoms with Crippen LogP contribution in [0.3, 0.4) is 0 Å². The van der Waals surface area contributed by atoms with Crippen molar-refractivity contribution in [3.63, 3.8) is 0 Å². The van der Waals surface area contributed by atoms with E-state index < -0.39 is 12.3 Å². The van der Waals surface area contributed by atoms with E-state index in [4.69, 9.17) is 6.57 Å². The van der Waals surface area contributed by atoms with Crippen LogP contribution in [-0.4, -0.2) is 65.2 Å². The minimum atomic E-state index is -1.04. The normalized spacial score (nSPS) is 23.6. The maximum Gasteiger partial charge on any atom is 0.352 e. The molecule has 1 amide bonds. The van der Waals surface area contributed by atoms with Gasteiger partial charge in [-0.1, -0.05) is 23.0 Å². The summed E-state index contributed by atoms with van der Waals surface area (Å²) in [4.78, 5) is 24.2. The number of rotatable bonds is 4. The fraction of sp³-hybridized carbons (Fsp3) is 0.476. The van der Waals surface area contributed by atoms with Gasteiger partial charge >= 0.3 is 6.17 Å². The van der Waals surface area contributed by atoms with E-state index in [1.54, 1.807) is 0 Å². The van der Waals surface area contributed by atoms with Crippen LogP contribution in [0.4, 0.5) is 10.1 Å². The smallest absolute Gasteiger partial charge is 0.352 e. The first kappa shape index (κ1) is 18.6. The molecule has 1 aromatic carbocycles. The summed E-state index contributed by atoms with van der Waals surface area (Å²) >= 11 is 0. The van der Waals surface area contributed by atoms with E-state index in [9.17, 15) is 9.18 Å². The zero-order chi connectivity index (χ0) is 19.5. The summed E-state index contributed by atoms with van der Waals surface area (Å²) < 4.78 is 13.6. The maximum atomic E-state index is 13.6. The molecule has 0 radical (unpaired) electrons. The molecule has 0 unspecified atom stereocenters. The van der Waals surface area contributed by atoms with Crippen molar-refractivity contribution in [2.45, 2.75) is 37.6 Å². The van der Waals surface area contributed by atoms with Gasteiger partial charge < -0.3 is 5.32 Å². The Hall–Kier alpha value is -2.72. The number of carbonyl (C=O) groups excluding carboxylic acids is 1. The van der Waals surface area contributed by atoms with E-state index in [0.29, 0.717) is 12.6 Å². The number of benzene rings is 1. The van der Waals surface area contributed by atoms with Crippen molar-refractivity contribution in [3.05, 3.63) is 41.4 Å². The second-order valence-electron chi connectivity index (χ2n) is 7.62. The highest BCUT2D eigenvalue weighted by Gasteiger charge is 2.42. The molecular formula is C21H25FN5O+. The first-order chi connectivity index (χ1) is 13.6. The first-order valence-corrected chi connectivity index (χ1v) is 9.79. The zero-order valence-electron chi connectivity index (χ0n) is 15.8. The molecule has 2 aliphatic heterocycles. The molecule has 2 fully saturated rings. The Morgan fingerprint density at radius 3 is 2.89 bits per heavy atom. The highest BCUT2D eigenvalue weighted by molar-refractivity contribution is 5.81. The van der Waals surface area contributed by atoms with Gasteiger partial charge in [-0.05, 0) is 25.0 Å². The van der Waals surface area contributed by atoms with Gasteiger partial charge in [0.15, 0.2) is 0 Å². The molecule has 0 spiro atoms. The molecule has 2 aromatic rings. The van der Waals surface area contributed by atoms with Crippen molar-refractivity contribution in [2.24, 2.45) is 0 Å². The molecule has 2 atom stereocenters. The minimum absolute atomic E-state index is 0.0931. The summed E-state index contributed by atoms with van der Waals surface area (Å²) in [6.07, 6.45) is 2.39. The minimum Gasteiger partial charge on any atom is -0.381 e. The Labute approximate surface area is 164 Å². The van der Waals surface area contributed by atoms with Gasteiger partial charge in [-0.3, -0.25) is 19.6 Å². The van der Waals surface area contributed by atoms with Crippen LogP contribution in [-0.2, 0) is 4.79 Å². The standard InChI is InChI=1S/C21H25FN5O/c1-23-20-11-16(22)13-27(20)21(28)14-26-8-6-17(7-9-26)25-18-10-15-4-2-3-5-19(15)24-12-18/h1-5,10,12,16-17,20,25H,6-9,11,13-14H2/q+1/t16-,20-/m0/s1. The van der Waals surface area contributed by atoms with Crippen LogP contribution in [0.25, 0.3) is 15.7 Å². The summed E-state index contributed by atoms with van der Waals surface area (Å²) in [5.41, 5.74) is 2.01. The van der Waals surface area contributed by atoms with Gasteiger partial charge in [0.1, 0.15) is 6.17 Å². The number of hydrogen-bond donors (Lipinski definition) is 1. The quantitative estimate of drug-likeness (QED) is 0.883. The summed E-state index contributed by atoms with van der Waals surface area (Å²) in [6, 6.07) is 10.5. The number of hydrogen-bond acceptors (Lipinski definition) is 4. The number of nitrogens with zero attached hydrogens (tertiary/aromatic N) is 4. The average molecular weight is 382 g/mol. The number of para-hydroxylation sites is 1.